The van der Waals surface area contributed by atoms with E-state index in [9.17, 15) is 0 Å². The van der Waals surface area contributed by atoms with Gasteiger partial charge in [0.25, 0.3) is 0 Å². The number of alkyl halides is 1. The lowest BCUT2D eigenvalue weighted by Crippen LogP contribution is -2.40. The quantitative estimate of drug-likeness (QED) is 0.779. The smallest absolute Gasteiger partial charge is 0.0238 e. The Morgan fingerprint density at radius 1 is 1.29 bits per heavy atom. The zero-order valence-corrected chi connectivity index (χ0v) is 12.1. The average molecular weight is 254 g/mol. The maximum atomic E-state index is 5.87. The number of hydrogen-bond acceptors (Lipinski definition) is 1. The van der Waals surface area contributed by atoms with Crippen LogP contribution >= 0.6 is 11.6 Å². The van der Waals surface area contributed by atoms with Crippen LogP contribution in [-0.2, 0) is 6.54 Å². The first-order valence-electron chi connectivity index (χ1n) is 6.28. The summed E-state index contributed by atoms with van der Waals surface area (Å²) < 4.78 is 0. The molecule has 0 aliphatic carbocycles. The number of nitrogens with one attached hydrogen (secondary N) is 1. The number of halogens is 1. The van der Waals surface area contributed by atoms with Crippen molar-refractivity contribution in [2.75, 3.05) is 5.88 Å². The molecule has 0 aromatic heterocycles. The van der Waals surface area contributed by atoms with Crippen molar-refractivity contribution in [3.05, 3.63) is 35.4 Å². The van der Waals surface area contributed by atoms with Crippen LogP contribution in [0.25, 0.3) is 0 Å². The van der Waals surface area contributed by atoms with Crippen LogP contribution in [0.4, 0.5) is 0 Å². The molecule has 1 unspecified atom stereocenters. The molecule has 0 amide bonds. The highest BCUT2D eigenvalue weighted by atomic mass is 35.5. The summed E-state index contributed by atoms with van der Waals surface area (Å²) in [6.07, 6.45) is 1.01. The van der Waals surface area contributed by atoms with Crippen molar-refractivity contribution in [1.82, 2.24) is 5.32 Å². The summed E-state index contributed by atoms with van der Waals surface area (Å²) >= 11 is 5.87. The SMILES string of the molecule is Cc1cccc(CNC(CCCl)C(C)(C)C)c1. The molecule has 0 radical (unpaired) electrons. The van der Waals surface area contributed by atoms with E-state index in [2.05, 4.69) is 57.3 Å². The van der Waals surface area contributed by atoms with Gasteiger partial charge >= 0.3 is 0 Å². The summed E-state index contributed by atoms with van der Waals surface area (Å²) in [4.78, 5) is 0. The third kappa shape index (κ3) is 5.10. The molecule has 1 aromatic carbocycles. The molecule has 1 atom stereocenters. The summed E-state index contributed by atoms with van der Waals surface area (Å²) in [5.41, 5.74) is 2.90. The van der Waals surface area contributed by atoms with Gasteiger partial charge in [-0.05, 0) is 24.3 Å². The molecule has 0 aliphatic rings. The third-order valence-corrected chi connectivity index (χ3v) is 3.30. The Kier molecular flexibility index (Phi) is 5.48. The molecule has 0 saturated carbocycles. The fraction of sp³-hybridized carbons (Fsp3) is 0.600. The van der Waals surface area contributed by atoms with E-state index in [0.29, 0.717) is 11.9 Å². The molecule has 0 saturated heterocycles. The summed E-state index contributed by atoms with van der Waals surface area (Å²) in [5.74, 6) is 0.711. The van der Waals surface area contributed by atoms with E-state index in [1.807, 2.05) is 0 Å². The normalized spacial score (nSPS) is 13.7. The largest absolute Gasteiger partial charge is 0.309 e. The fourth-order valence-electron chi connectivity index (χ4n) is 2.01. The summed E-state index contributed by atoms with van der Waals surface area (Å²) in [7, 11) is 0. The molecule has 1 N–H and O–H groups in total. The van der Waals surface area contributed by atoms with Gasteiger partial charge in [0.1, 0.15) is 0 Å². The molecule has 0 heterocycles. The lowest BCUT2D eigenvalue weighted by molar-refractivity contribution is 0.260. The van der Waals surface area contributed by atoms with Gasteiger partial charge in [-0.15, -0.1) is 11.6 Å². The highest BCUT2D eigenvalue weighted by Gasteiger charge is 2.23. The van der Waals surface area contributed by atoms with Crippen LogP contribution in [0.5, 0.6) is 0 Å². The second kappa shape index (κ2) is 6.42. The van der Waals surface area contributed by atoms with Crippen molar-refractivity contribution >= 4 is 11.6 Å². The van der Waals surface area contributed by atoms with Crippen molar-refractivity contribution in [3.63, 3.8) is 0 Å². The van der Waals surface area contributed by atoms with Crippen LogP contribution in [0.3, 0.4) is 0 Å². The van der Waals surface area contributed by atoms with Crippen molar-refractivity contribution < 1.29 is 0 Å². The maximum absolute atomic E-state index is 5.87. The maximum Gasteiger partial charge on any atom is 0.0238 e. The first-order valence-corrected chi connectivity index (χ1v) is 6.82. The van der Waals surface area contributed by atoms with Gasteiger partial charge in [-0.1, -0.05) is 50.6 Å². The van der Waals surface area contributed by atoms with Gasteiger partial charge < -0.3 is 5.32 Å². The molecular formula is C15H24ClN. The van der Waals surface area contributed by atoms with Crippen LogP contribution in [0.1, 0.15) is 38.3 Å². The minimum absolute atomic E-state index is 0.249. The molecule has 2 heteroatoms. The summed E-state index contributed by atoms with van der Waals surface area (Å²) in [5, 5.41) is 3.62. The fourth-order valence-corrected chi connectivity index (χ4v) is 2.23. The van der Waals surface area contributed by atoms with Gasteiger partial charge in [0.15, 0.2) is 0 Å². The Bertz CT molecular complexity index is 341. The molecular weight excluding hydrogens is 230 g/mol. The van der Waals surface area contributed by atoms with Crippen molar-refractivity contribution in [3.8, 4) is 0 Å². The Hall–Kier alpha value is -0.530. The van der Waals surface area contributed by atoms with Gasteiger partial charge in [-0.3, -0.25) is 0 Å². The lowest BCUT2D eigenvalue weighted by Gasteiger charge is -2.31. The van der Waals surface area contributed by atoms with Gasteiger partial charge in [-0.25, -0.2) is 0 Å². The van der Waals surface area contributed by atoms with Gasteiger partial charge in [-0.2, -0.15) is 0 Å². The van der Waals surface area contributed by atoms with Gasteiger partial charge in [0.05, 0.1) is 0 Å². The van der Waals surface area contributed by atoms with Crippen molar-refractivity contribution in [1.29, 1.82) is 0 Å². The first kappa shape index (κ1) is 14.5. The molecule has 0 aliphatic heterocycles. The summed E-state index contributed by atoms with van der Waals surface area (Å²) in [6, 6.07) is 9.10. The minimum Gasteiger partial charge on any atom is -0.309 e. The zero-order chi connectivity index (χ0) is 12.9. The molecule has 1 nitrogen and oxygen atoms in total. The van der Waals surface area contributed by atoms with E-state index in [4.69, 9.17) is 11.6 Å². The minimum atomic E-state index is 0.249. The Labute approximate surface area is 111 Å². The van der Waals surface area contributed by atoms with E-state index < -0.39 is 0 Å². The second-order valence-electron chi connectivity index (χ2n) is 5.77. The Balaban J connectivity index is 2.58. The first-order chi connectivity index (χ1) is 7.93. The van der Waals surface area contributed by atoms with Crippen LogP contribution in [0.15, 0.2) is 24.3 Å². The zero-order valence-electron chi connectivity index (χ0n) is 11.4. The molecule has 0 fully saturated rings. The van der Waals surface area contributed by atoms with Crippen molar-refractivity contribution in [2.24, 2.45) is 5.41 Å². The number of aryl methyl sites for hydroxylation is 1. The van der Waals surface area contributed by atoms with Crippen LogP contribution in [0.2, 0.25) is 0 Å². The van der Waals surface area contributed by atoms with Crippen LogP contribution < -0.4 is 5.32 Å². The van der Waals surface area contributed by atoms with E-state index in [0.717, 1.165) is 13.0 Å². The molecule has 0 bridgehead atoms. The number of benzene rings is 1. The summed E-state index contributed by atoms with van der Waals surface area (Å²) in [6.45, 7) is 9.82. The molecule has 17 heavy (non-hydrogen) atoms. The molecule has 96 valence electrons. The van der Waals surface area contributed by atoms with E-state index in [1.165, 1.54) is 11.1 Å². The van der Waals surface area contributed by atoms with E-state index in [-0.39, 0.29) is 5.41 Å². The predicted molar refractivity (Wildman–Crippen MR) is 76.6 cm³/mol. The average Bonchev–Trinajstić information content (AvgIpc) is 2.22. The lowest BCUT2D eigenvalue weighted by atomic mass is 9.85. The predicted octanol–water partition coefficient (Wildman–Crippen LogP) is 4.13. The van der Waals surface area contributed by atoms with Crippen molar-refractivity contribution in [2.45, 2.75) is 46.7 Å². The number of rotatable bonds is 5. The van der Waals surface area contributed by atoms with E-state index >= 15 is 0 Å². The molecule has 1 rings (SSSR count). The van der Waals surface area contributed by atoms with Gasteiger partial charge in [0.2, 0.25) is 0 Å². The van der Waals surface area contributed by atoms with Gasteiger partial charge in [0, 0.05) is 18.5 Å². The third-order valence-electron chi connectivity index (χ3n) is 3.08. The topological polar surface area (TPSA) is 12.0 Å². The highest BCUT2D eigenvalue weighted by Crippen LogP contribution is 2.22. The second-order valence-corrected chi connectivity index (χ2v) is 6.14. The molecule has 0 spiro atoms. The molecule has 1 aromatic rings. The Morgan fingerprint density at radius 3 is 2.53 bits per heavy atom. The van der Waals surface area contributed by atoms with Crippen LogP contribution in [-0.4, -0.2) is 11.9 Å². The highest BCUT2D eigenvalue weighted by molar-refractivity contribution is 6.17. The van der Waals surface area contributed by atoms with E-state index in [1.54, 1.807) is 0 Å². The monoisotopic (exact) mass is 253 g/mol. The number of hydrogen-bond donors (Lipinski definition) is 1. The van der Waals surface area contributed by atoms with Crippen LogP contribution in [0, 0.1) is 12.3 Å². The Morgan fingerprint density at radius 2 is 2.00 bits per heavy atom. The standard InChI is InChI=1S/C15H24ClN/c1-12-6-5-7-13(10-12)11-17-14(8-9-16)15(2,3)4/h5-7,10,14,17H,8-9,11H2,1-4H3.